The number of aromatic nitrogens is 2. The Hall–Kier alpha value is -1.32. The van der Waals surface area contributed by atoms with Crippen molar-refractivity contribution in [1.82, 2.24) is 9.97 Å². The Morgan fingerprint density at radius 3 is 2.50 bits per heavy atom. The van der Waals surface area contributed by atoms with Crippen molar-refractivity contribution >= 4 is 11.6 Å². The van der Waals surface area contributed by atoms with E-state index in [2.05, 4.69) is 47.9 Å². The number of nitrogens with zero attached hydrogens (tertiary/aromatic N) is 3. The molecule has 4 heteroatoms. The molecule has 2 rings (SSSR count). The molecule has 0 radical (unpaired) electrons. The van der Waals surface area contributed by atoms with Crippen molar-refractivity contribution in [1.29, 1.82) is 0 Å². The third-order valence-electron chi connectivity index (χ3n) is 4.24. The van der Waals surface area contributed by atoms with Gasteiger partial charge < -0.3 is 10.2 Å². The van der Waals surface area contributed by atoms with Gasteiger partial charge in [0.2, 0.25) is 0 Å². The zero-order valence-corrected chi connectivity index (χ0v) is 13.4. The standard InChI is InChI=1S/C16H28N4/c1-5-9-17-14-13(6-2)15(19-12-18-14)20-10-7-16(3,4)8-11-20/h12H,5-11H2,1-4H3,(H,17,18,19). The van der Waals surface area contributed by atoms with Crippen molar-refractivity contribution in [3.63, 3.8) is 0 Å². The fourth-order valence-corrected chi connectivity index (χ4v) is 2.72. The van der Waals surface area contributed by atoms with Crippen molar-refractivity contribution in [3.05, 3.63) is 11.9 Å². The molecule has 112 valence electrons. The molecule has 0 saturated carbocycles. The van der Waals surface area contributed by atoms with E-state index in [1.54, 1.807) is 6.33 Å². The van der Waals surface area contributed by atoms with E-state index < -0.39 is 0 Å². The predicted molar refractivity (Wildman–Crippen MR) is 85.4 cm³/mol. The van der Waals surface area contributed by atoms with Gasteiger partial charge in [0.25, 0.3) is 0 Å². The van der Waals surface area contributed by atoms with Crippen LogP contribution in [-0.4, -0.2) is 29.6 Å². The van der Waals surface area contributed by atoms with E-state index in [0.717, 1.165) is 44.1 Å². The first-order valence-electron chi connectivity index (χ1n) is 7.90. The molecule has 2 heterocycles. The fraction of sp³-hybridized carbons (Fsp3) is 0.750. The Bertz CT molecular complexity index is 432. The van der Waals surface area contributed by atoms with Crippen LogP contribution < -0.4 is 10.2 Å². The van der Waals surface area contributed by atoms with E-state index in [9.17, 15) is 0 Å². The molecular formula is C16H28N4. The second-order valence-electron chi connectivity index (χ2n) is 6.46. The summed E-state index contributed by atoms with van der Waals surface area (Å²) < 4.78 is 0. The number of anilines is 2. The molecule has 1 aromatic rings. The Kier molecular flexibility index (Phi) is 4.84. The summed E-state index contributed by atoms with van der Waals surface area (Å²) >= 11 is 0. The lowest BCUT2D eigenvalue weighted by Crippen LogP contribution is -2.38. The number of hydrogen-bond donors (Lipinski definition) is 1. The molecule has 0 atom stereocenters. The van der Waals surface area contributed by atoms with Gasteiger partial charge >= 0.3 is 0 Å². The number of piperidine rings is 1. The number of hydrogen-bond acceptors (Lipinski definition) is 4. The first-order chi connectivity index (χ1) is 9.57. The summed E-state index contributed by atoms with van der Waals surface area (Å²) in [5.74, 6) is 2.15. The van der Waals surface area contributed by atoms with Crippen LogP contribution in [-0.2, 0) is 6.42 Å². The highest BCUT2D eigenvalue weighted by Crippen LogP contribution is 2.33. The molecule has 20 heavy (non-hydrogen) atoms. The molecule has 0 aromatic carbocycles. The Morgan fingerprint density at radius 1 is 1.20 bits per heavy atom. The lowest BCUT2D eigenvalue weighted by Gasteiger charge is -2.38. The zero-order valence-electron chi connectivity index (χ0n) is 13.4. The monoisotopic (exact) mass is 276 g/mol. The first kappa shape index (κ1) is 15.1. The molecule has 1 N–H and O–H groups in total. The van der Waals surface area contributed by atoms with Gasteiger partial charge in [-0.05, 0) is 31.1 Å². The van der Waals surface area contributed by atoms with E-state index in [4.69, 9.17) is 0 Å². The third-order valence-corrected chi connectivity index (χ3v) is 4.24. The van der Waals surface area contributed by atoms with Gasteiger partial charge in [-0.25, -0.2) is 9.97 Å². The third kappa shape index (κ3) is 3.41. The molecule has 0 bridgehead atoms. The molecule has 0 amide bonds. The van der Waals surface area contributed by atoms with Crippen molar-refractivity contribution in [2.24, 2.45) is 5.41 Å². The van der Waals surface area contributed by atoms with Gasteiger partial charge in [-0.1, -0.05) is 27.7 Å². The summed E-state index contributed by atoms with van der Waals surface area (Å²) in [6.45, 7) is 12.3. The quantitative estimate of drug-likeness (QED) is 0.894. The van der Waals surface area contributed by atoms with Gasteiger partial charge in [0, 0.05) is 25.2 Å². The second kappa shape index (κ2) is 6.42. The molecular weight excluding hydrogens is 248 g/mol. The van der Waals surface area contributed by atoms with Crippen LogP contribution in [0.5, 0.6) is 0 Å². The second-order valence-corrected chi connectivity index (χ2v) is 6.46. The highest BCUT2D eigenvalue weighted by atomic mass is 15.2. The molecule has 0 unspecified atom stereocenters. The van der Waals surface area contributed by atoms with Crippen LogP contribution in [0.4, 0.5) is 11.6 Å². The van der Waals surface area contributed by atoms with Gasteiger partial charge in [-0.3, -0.25) is 0 Å². The van der Waals surface area contributed by atoms with E-state index in [0.29, 0.717) is 5.41 Å². The zero-order chi connectivity index (χ0) is 14.6. The van der Waals surface area contributed by atoms with Gasteiger partial charge in [0.05, 0.1) is 0 Å². The SMILES string of the molecule is CCCNc1ncnc(N2CCC(C)(C)CC2)c1CC. The molecule has 1 aliphatic rings. The summed E-state index contributed by atoms with van der Waals surface area (Å²) in [6, 6.07) is 0. The Labute approximate surface area is 123 Å². The van der Waals surface area contributed by atoms with Gasteiger partial charge in [-0.15, -0.1) is 0 Å². The summed E-state index contributed by atoms with van der Waals surface area (Å²) in [6.07, 6.45) is 6.25. The van der Waals surface area contributed by atoms with Crippen LogP contribution in [0.3, 0.4) is 0 Å². The maximum Gasteiger partial charge on any atom is 0.137 e. The van der Waals surface area contributed by atoms with Gasteiger partial charge in [0.15, 0.2) is 0 Å². The topological polar surface area (TPSA) is 41.1 Å². The lowest BCUT2D eigenvalue weighted by molar-refractivity contribution is 0.279. The molecule has 1 saturated heterocycles. The summed E-state index contributed by atoms with van der Waals surface area (Å²) in [5.41, 5.74) is 1.74. The molecule has 1 aliphatic heterocycles. The maximum absolute atomic E-state index is 4.56. The average molecular weight is 276 g/mol. The molecule has 0 aliphatic carbocycles. The van der Waals surface area contributed by atoms with Crippen LogP contribution in [0.25, 0.3) is 0 Å². The Morgan fingerprint density at radius 2 is 1.90 bits per heavy atom. The largest absolute Gasteiger partial charge is 0.370 e. The van der Waals surface area contributed by atoms with Gasteiger partial charge in [0.1, 0.15) is 18.0 Å². The smallest absolute Gasteiger partial charge is 0.137 e. The van der Waals surface area contributed by atoms with Crippen LogP contribution in [0.1, 0.15) is 52.5 Å². The summed E-state index contributed by atoms with van der Waals surface area (Å²) in [5, 5.41) is 3.43. The predicted octanol–water partition coefficient (Wildman–Crippen LogP) is 3.49. The molecule has 4 nitrogen and oxygen atoms in total. The van der Waals surface area contributed by atoms with Crippen LogP contribution >= 0.6 is 0 Å². The normalized spacial score (nSPS) is 18.1. The average Bonchev–Trinajstić information content (AvgIpc) is 2.44. The highest BCUT2D eigenvalue weighted by molar-refractivity contribution is 5.59. The Balaban J connectivity index is 2.19. The highest BCUT2D eigenvalue weighted by Gasteiger charge is 2.27. The van der Waals surface area contributed by atoms with Crippen molar-refractivity contribution in [3.8, 4) is 0 Å². The minimum Gasteiger partial charge on any atom is -0.370 e. The summed E-state index contributed by atoms with van der Waals surface area (Å²) in [7, 11) is 0. The molecule has 1 aromatic heterocycles. The number of rotatable bonds is 5. The molecule has 1 fully saturated rings. The number of nitrogens with one attached hydrogen (secondary N) is 1. The summed E-state index contributed by atoms with van der Waals surface area (Å²) in [4.78, 5) is 11.4. The van der Waals surface area contributed by atoms with Crippen molar-refractivity contribution in [2.75, 3.05) is 29.9 Å². The van der Waals surface area contributed by atoms with E-state index in [1.165, 1.54) is 18.4 Å². The molecule has 0 spiro atoms. The van der Waals surface area contributed by atoms with Crippen molar-refractivity contribution in [2.45, 2.75) is 53.4 Å². The van der Waals surface area contributed by atoms with E-state index in [1.807, 2.05) is 0 Å². The van der Waals surface area contributed by atoms with E-state index >= 15 is 0 Å². The van der Waals surface area contributed by atoms with Crippen molar-refractivity contribution < 1.29 is 0 Å². The van der Waals surface area contributed by atoms with Crippen LogP contribution in [0.2, 0.25) is 0 Å². The lowest BCUT2D eigenvalue weighted by atomic mass is 9.82. The van der Waals surface area contributed by atoms with E-state index in [-0.39, 0.29) is 0 Å². The van der Waals surface area contributed by atoms with Crippen LogP contribution in [0, 0.1) is 5.41 Å². The fourth-order valence-electron chi connectivity index (χ4n) is 2.72. The first-order valence-corrected chi connectivity index (χ1v) is 7.90. The minimum atomic E-state index is 0.471. The maximum atomic E-state index is 4.56. The van der Waals surface area contributed by atoms with Gasteiger partial charge in [-0.2, -0.15) is 0 Å². The van der Waals surface area contributed by atoms with Crippen LogP contribution in [0.15, 0.2) is 6.33 Å². The minimum absolute atomic E-state index is 0.471.